The lowest BCUT2D eigenvalue weighted by Crippen LogP contribution is -2.32. The molecule has 0 radical (unpaired) electrons. The number of hydrogen-bond donors (Lipinski definition) is 0. The molecule has 116 valence electrons. The SMILES string of the molecule is Cc1cc(-c2cc[n+](CCCC(=O)c3ccccc3)cc2)on1. The molecule has 4 nitrogen and oxygen atoms in total. The van der Waals surface area contributed by atoms with E-state index in [1.807, 2.05) is 67.8 Å². The van der Waals surface area contributed by atoms with Gasteiger partial charge in [0, 0.05) is 42.2 Å². The lowest BCUT2D eigenvalue weighted by Gasteiger charge is -2.00. The summed E-state index contributed by atoms with van der Waals surface area (Å²) in [4.78, 5) is 12.0. The van der Waals surface area contributed by atoms with Crippen molar-refractivity contribution in [1.29, 1.82) is 0 Å². The van der Waals surface area contributed by atoms with Crippen LogP contribution in [0.15, 0.2) is 65.4 Å². The molecule has 0 unspecified atom stereocenters. The number of nitrogens with zero attached hydrogens (tertiary/aromatic N) is 2. The molecule has 1 aromatic carbocycles. The van der Waals surface area contributed by atoms with Crippen LogP contribution in [0.1, 0.15) is 28.9 Å². The van der Waals surface area contributed by atoms with E-state index in [-0.39, 0.29) is 5.78 Å². The third kappa shape index (κ3) is 3.92. The fraction of sp³-hybridized carbons (Fsp3) is 0.211. The van der Waals surface area contributed by atoms with Gasteiger partial charge in [0.25, 0.3) is 0 Å². The first-order chi connectivity index (χ1) is 11.2. The number of Topliss-reactive ketones (excluding diaryl/α,β-unsaturated/α-hetero) is 1. The number of aryl methyl sites for hydroxylation is 2. The van der Waals surface area contributed by atoms with Crippen LogP contribution in [0.25, 0.3) is 11.3 Å². The largest absolute Gasteiger partial charge is 0.356 e. The van der Waals surface area contributed by atoms with E-state index in [9.17, 15) is 4.79 Å². The molecule has 0 bridgehead atoms. The Labute approximate surface area is 135 Å². The molecule has 0 fully saturated rings. The average Bonchev–Trinajstić information content (AvgIpc) is 3.03. The van der Waals surface area contributed by atoms with Crippen LogP contribution in [-0.2, 0) is 6.54 Å². The van der Waals surface area contributed by atoms with Crippen LogP contribution < -0.4 is 4.57 Å². The van der Waals surface area contributed by atoms with Crippen molar-refractivity contribution in [2.45, 2.75) is 26.3 Å². The normalized spacial score (nSPS) is 10.7. The topological polar surface area (TPSA) is 47.0 Å². The van der Waals surface area contributed by atoms with Gasteiger partial charge in [0.2, 0.25) is 0 Å². The predicted octanol–water partition coefficient (Wildman–Crippen LogP) is 3.60. The molecule has 0 saturated carbocycles. The summed E-state index contributed by atoms with van der Waals surface area (Å²) in [5, 5.41) is 3.89. The van der Waals surface area contributed by atoms with E-state index >= 15 is 0 Å². The molecule has 0 N–H and O–H groups in total. The highest BCUT2D eigenvalue weighted by Gasteiger charge is 2.09. The molecule has 0 aliphatic carbocycles. The molecular formula is C19H19N2O2+. The Morgan fingerprint density at radius 1 is 1.13 bits per heavy atom. The van der Waals surface area contributed by atoms with E-state index in [1.54, 1.807) is 0 Å². The van der Waals surface area contributed by atoms with Crippen LogP contribution in [0.5, 0.6) is 0 Å². The van der Waals surface area contributed by atoms with Crippen molar-refractivity contribution in [2.24, 2.45) is 0 Å². The maximum atomic E-state index is 12.0. The third-order valence-electron chi connectivity index (χ3n) is 3.72. The number of rotatable bonds is 6. The van der Waals surface area contributed by atoms with Crippen molar-refractivity contribution in [3.63, 3.8) is 0 Å². The first-order valence-corrected chi connectivity index (χ1v) is 7.73. The van der Waals surface area contributed by atoms with Gasteiger partial charge in [-0.05, 0) is 6.92 Å². The number of ketones is 1. The molecule has 0 atom stereocenters. The molecule has 2 heterocycles. The summed E-state index contributed by atoms with van der Waals surface area (Å²) in [7, 11) is 0. The Balaban J connectivity index is 1.54. The number of carbonyl (C=O) groups is 1. The van der Waals surface area contributed by atoms with Crippen LogP contribution in [0, 0.1) is 6.92 Å². The van der Waals surface area contributed by atoms with E-state index in [2.05, 4.69) is 9.72 Å². The summed E-state index contributed by atoms with van der Waals surface area (Å²) < 4.78 is 7.32. The second kappa shape index (κ2) is 7.01. The van der Waals surface area contributed by atoms with Crippen molar-refractivity contribution < 1.29 is 13.9 Å². The zero-order chi connectivity index (χ0) is 16.1. The minimum Gasteiger partial charge on any atom is -0.356 e. The summed E-state index contributed by atoms with van der Waals surface area (Å²) in [5.41, 5.74) is 2.66. The van der Waals surface area contributed by atoms with Gasteiger partial charge < -0.3 is 4.52 Å². The molecule has 0 saturated heterocycles. The van der Waals surface area contributed by atoms with Gasteiger partial charge in [-0.25, -0.2) is 4.57 Å². The maximum Gasteiger partial charge on any atom is 0.169 e. The molecule has 3 rings (SSSR count). The van der Waals surface area contributed by atoms with Gasteiger partial charge in [0.05, 0.1) is 5.69 Å². The third-order valence-corrected chi connectivity index (χ3v) is 3.72. The summed E-state index contributed by atoms with van der Waals surface area (Å²) in [6, 6.07) is 15.4. The Kier molecular flexibility index (Phi) is 4.62. The van der Waals surface area contributed by atoms with Gasteiger partial charge in [0.1, 0.15) is 6.54 Å². The number of carbonyl (C=O) groups excluding carboxylic acids is 1. The average molecular weight is 307 g/mol. The lowest BCUT2D eigenvalue weighted by molar-refractivity contribution is -0.697. The second-order valence-corrected chi connectivity index (χ2v) is 5.55. The van der Waals surface area contributed by atoms with Crippen LogP contribution in [-0.4, -0.2) is 10.9 Å². The summed E-state index contributed by atoms with van der Waals surface area (Å²) in [6.07, 6.45) is 5.37. The van der Waals surface area contributed by atoms with E-state index in [0.29, 0.717) is 6.42 Å². The molecule has 4 heteroatoms. The highest BCUT2D eigenvalue weighted by atomic mass is 16.5. The maximum absolute atomic E-state index is 12.0. The van der Waals surface area contributed by atoms with E-state index < -0.39 is 0 Å². The van der Waals surface area contributed by atoms with E-state index in [0.717, 1.165) is 35.5 Å². The van der Waals surface area contributed by atoms with Gasteiger partial charge in [-0.1, -0.05) is 35.5 Å². The quantitative estimate of drug-likeness (QED) is 0.516. The Hall–Kier alpha value is -2.75. The molecule has 0 amide bonds. The zero-order valence-corrected chi connectivity index (χ0v) is 13.1. The van der Waals surface area contributed by atoms with Gasteiger partial charge in [-0.2, -0.15) is 0 Å². The van der Waals surface area contributed by atoms with Gasteiger partial charge in [-0.15, -0.1) is 0 Å². The Morgan fingerprint density at radius 2 is 1.87 bits per heavy atom. The van der Waals surface area contributed by atoms with E-state index in [1.165, 1.54) is 0 Å². The number of pyridine rings is 1. The molecule has 0 spiro atoms. The first kappa shape index (κ1) is 15.2. The van der Waals surface area contributed by atoms with Gasteiger partial charge in [-0.3, -0.25) is 4.79 Å². The molecule has 2 aromatic heterocycles. The highest BCUT2D eigenvalue weighted by Crippen LogP contribution is 2.18. The van der Waals surface area contributed by atoms with Crippen LogP contribution >= 0.6 is 0 Å². The summed E-state index contributed by atoms with van der Waals surface area (Å²) in [6.45, 7) is 2.72. The van der Waals surface area contributed by atoms with E-state index in [4.69, 9.17) is 4.52 Å². The predicted molar refractivity (Wildman–Crippen MR) is 86.9 cm³/mol. The van der Waals surface area contributed by atoms with Crippen molar-refractivity contribution in [3.8, 4) is 11.3 Å². The van der Waals surface area contributed by atoms with Crippen molar-refractivity contribution in [1.82, 2.24) is 5.16 Å². The molecule has 23 heavy (non-hydrogen) atoms. The fourth-order valence-corrected chi connectivity index (χ4v) is 2.46. The monoisotopic (exact) mass is 307 g/mol. The Bertz CT molecular complexity index is 777. The molecule has 0 aliphatic rings. The van der Waals surface area contributed by atoms with Crippen LogP contribution in [0.3, 0.4) is 0 Å². The molecule has 0 aliphatic heterocycles. The number of hydrogen-bond acceptors (Lipinski definition) is 3. The van der Waals surface area contributed by atoms with Crippen LogP contribution in [0.4, 0.5) is 0 Å². The van der Waals surface area contributed by atoms with Crippen LogP contribution in [0.2, 0.25) is 0 Å². The fourth-order valence-electron chi connectivity index (χ4n) is 2.46. The second-order valence-electron chi connectivity index (χ2n) is 5.55. The number of aromatic nitrogens is 2. The van der Waals surface area contributed by atoms with Gasteiger partial charge in [0.15, 0.2) is 23.9 Å². The lowest BCUT2D eigenvalue weighted by atomic mass is 10.1. The van der Waals surface area contributed by atoms with Gasteiger partial charge >= 0.3 is 0 Å². The summed E-state index contributed by atoms with van der Waals surface area (Å²) in [5.74, 6) is 0.967. The standard InChI is InChI=1S/C19H19N2O2/c1-15-14-19(23-20-15)17-9-12-21(13-10-17)11-5-8-18(22)16-6-3-2-4-7-16/h2-4,6-7,9-10,12-14H,5,8,11H2,1H3/q+1. The minimum atomic E-state index is 0.194. The Morgan fingerprint density at radius 3 is 2.52 bits per heavy atom. The first-order valence-electron chi connectivity index (χ1n) is 7.73. The van der Waals surface area contributed by atoms with Crippen molar-refractivity contribution >= 4 is 5.78 Å². The van der Waals surface area contributed by atoms with Crippen molar-refractivity contribution in [2.75, 3.05) is 0 Å². The molecule has 3 aromatic rings. The summed E-state index contributed by atoms with van der Waals surface area (Å²) >= 11 is 0. The minimum absolute atomic E-state index is 0.194. The smallest absolute Gasteiger partial charge is 0.169 e. The molecular weight excluding hydrogens is 288 g/mol. The highest BCUT2D eigenvalue weighted by molar-refractivity contribution is 5.95. The number of benzene rings is 1. The van der Waals surface area contributed by atoms with Crippen molar-refractivity contribution in [3.05, 3.63) is 72.2 Å². The zero-order valence-electron chi connectivity index (χ0n) is 13.1.